The number of nitrogens with one attached hydrogen (secondary N) is 1. The molecule has 11 nitrogen and oxygen atoms in total. The molecule has 1 fully saturated rings. The van der Waals surface area contributed by atoms with Crippen LogP contribution in [0.1, 0.15) is 33.8 Å². The van der Waals surface area contributed by atoms with Gasteiger partial charge in [-0.3, -0.25) is 9.59 Å². The molecule has 2 aromatic carbocycles. The molecule has 0 unspecified atom stereocenters. The van der Waals surface area contributed by atoms with Gasteiger partial charge < -0.3 is 19.7 Å². The molecule has 4 aromatic rings. The highest BCUT2D eigenvalue weighted by Crippen LogP contribution is 2.23. The number of halogens is 1. The number of amides is 2. The van der Waals surface area contributed by atoms with E-state index in [2.05, 4.69) is 20.3 Å². The van der Waals surface area contributed by atoms with Gasteiger partial charge in [-0.05, 0) is 54.6 Å². The molecule has 2 amide bonds. The van der Waals surface area contributed by atoms with Gasteiger partial charge in [0.2, 0.25) is 5.88 Å². The number of ether oxygens (including phenoxy) is 2. The molecular weight excluding hydrogens is 565 g/mol. The smallest absolute Gasteiger partial charge is 0.275 e. The molecule has 0 aliphatic carbocycles. The van der Waals surface area contributed by atoms with Crippen molar-refractivity contribution >= 4 is 27.3 Å². The zero-order valence-electron chi connectivity index (χ0n) is 22.4. The summed E-state index contributed by atoms with van der Waals surface area (Å²) in [6.07, 6.45) is 6.12. The van der Waals surface area contributed by atoms with Crippen molar-refractivity contribution in [3.63, 3.8) is 0 Å². The summed E-state index contributed by atoms with van der Waals surface area (Å²) < 4.78 is 47.8. The SMILES string of the molecule is CS(=O)(=O)c1ccc(OC2CCN(C(=O)c3cnc(C(=O)Nc4ccc(Oc5ccc(F)cc5)nc4)cn3)CC2)cc1. The van der Waals surface area contributed by atoms with Crippen LogP contribution in [0.3, 0.4) is 0 Å². The summed E-state index contributed by atoms with van der Waals surface area (Å²) in [6, 6.07) is 14.9. The Hall–Kier alpha value is -4.91. The molecule has 1 saturated heterocycles. The minimum absolute atomic E-state index is 0.0205. The first-order chi connectivity index (χ1) is 20.1. The van der Waals surface area contributed by atoms with Gasteiger partial charge >= 0.3 is 0 Å². The number of rotatable bonds is 8. The summed E-state index contributed by atoms with van der Waals surface area (Å²) in [4.78, 5) is 39.8. The maximum atomic E-state index is 13.0. The van der Waals surface area contributed by atoms with E-state index < -0.39 is 15.7 Å². The number of piperidine rings is 1. The highest BCUT2D eigenvalue weighted by Gasteiger charge is 2.26. The largest absolute Gasteiger partial charge is 0.490 e. The second kappa shape index (κ2) is 12.3. The lowest BCUT2D eigenvalue weighted by atomic mass is 10.1. The Morgan fingerprint density at radius 2 is 1.50 bits per heavy atom. The van der Waals surface area contributed by atoms with Gasteiger partial charge in [-0.15, -0.1) is 0 Å². The number of aromatic nitrogens is 3. The normalized spacial score (nSPS) is 13.8. The predicted molar refractivity (Wildman–Crippen MR) is 150 cm³/mol. The van der Waals surface area contributed by atoms with Crippen LogP contribution in [0, 0.1) is 5.82 Å². The topological polar surface area (TPSA) is 141 Å². The van der Waals surface area contributed by atoms with Crippen molar-refractivity contribution in [2.75, 3.05) is 24.7 Å². The second-order valence-corrected chi connectivity index (χ2v) is 11.6. The number of likely N-dealkylation sites (tertiary alicyclic amines) is 1. The number of sulfone groups is 1. The van der Waals surface area contributed by atoms with Gasteiger partial charge in [-0.1, -0.05) is 0 Å². The standard InChI is InChI=1S/C29H26FN5O6S/c1-42(38,39)24-9-7-21(8-10-24)40-23-12-14-35(15-13-23)29(37)26-18-31-25(17-32-26)28(36)34-20-4-11-27(33-16-20)41-22-5-2-19(30)3-6-22/h2-11,16-18,23H,12-15H2,1H3,(H,34,36). The van der Waals surface area contributed by atoms with E-state index in [-0.39, 0.29) is 40.0 Å². The van der Waals surface area contributed by atoms with E-state index in [1.165, 1.54) is 55.0 Å². The number of carbonyl (C=O) groups excluding carboxylic acids is 2. The Morgan fingerprint density at radius 1 is 0.857 bits per heavy atom. The van der Waals surface area contributed by atoms with Crippen molar-refractivity contribution in [1.82, 2.24) is 19.9 Å². The second-order valence-electron chi connectivity index (χ2n) is 9.54. The van der Waals surface area contributed by atoms with Crippen molar-refractivity contribution in [2.45, 2.75) is 23.8 Å². The van der Waals surface area contributed by atoms with E-state index >= 15 is 0 Å². The summed E-state index contributed by atoms with van der Waals surface area (Å²) in [5, 5.41) is 2.66. The zero-order valence-corrected chi connectivity index (χ0v) is 23.3. The summed E-state index contributed by atoms with van der Waals surface area (Å²) >= 11 is 0. The van der Waals surface area contributed by atoms with E-state index in [4.69, 9.17) is 9.47 Å². The maximum absolute atomic E-state index is 13.0. The third kappa shape index (κ3) is 7.23. The fraction of sp³-hybridized carbons (Fsp3) is 0.207. The maximum Gasteiger partial charge on any atom is 0.275 e. The fourth-order valence-corrected chi connectivity index (χ4v) is 4.82. The van der Waals surface area contributed by atoms with Gasteiger partial charge in [0.1, 0.15) is 34.8 Å². The molecule has 13 heteroatoms. The Labute approximate surface area is 241 Å². The number of nitrogens with zero attached hydrogens (tertiary/aromatic N) is 4. The van der Waals surface area contributed by atoms with Crippen LogP contribution in [0.4, 0.5) is 10.1 Å². The molecule has 42 heavy (non-hydrogen) atoms. The van der Waals surface area contributed by atoms with Crippen molar-refractivity contribution in [3.05, 3.63) is 96.5 Å². The van der Waals surface area contributed by atoms with Crippen molar-refractivity contribution in [2.24, 2.45) is 0 Å². The van der Waals surface area contributed by atoms with E-state index in [1.54, 1.807) is 29.2 Å². The van der Waals surface area contributed by atoms with Crippen LogP contribution in [0.2, 0.25) is 0 Å². The van der Waals surface area contributed by atoms with Gasteiger partial charge in [0, 0.05) is 38.3 Å². The van der Waals surface area contributed by atoms with E-state index in [0.717, 1.165) is 6.26 Å². The van der Waals surface area contributed by atoms with Gasteiger partial charge in [-0.25, -0.2) is 27.8 Å². The molecule has 0 radical (unpaired) electrons. The minimum Gasteiger partial charge on any atom is -0.490 e. The number of anilines is 1. The van der Waals surface area contributed by atoms with E-state index in [0.29, 0.717) is 43.1 Å². The first kappa shape index (κ1) is 28.6. The van der Waals surface area contributed by atoms with Crippen LogP contribution in [-0.4, -0.2) is 65.5 Å². The summed E-state index contributed by atoms with van der Waals surface area (Å²) in [7, 11) is -3.28. The quantitative estimate of drug-likeness (QED) is 0.320. The number of benzene rings is 2. The lowest BCUT2D eigenvalue weighted by Gasteiger charge is -2.32. The Balaban J connectivity index is 1.10. The zero-order chi connectivity index (χ0) is 29.7. The molecule has 0 atom stereocenters. The van der Waals surface area contributed by atoms with Crippen molar-refractivity contribution in [3.8, 4) is 17.4 Å². The Kier molecular flexibility index (Phi) is 8.38. The molecule has 0 saturated carbocycles. The molecule has 0 bridgehead atoms. The first-order valence-electron chi connectivity index (χ1n) is 12.9. The molecule has 1 aliphatic rings. The third-order valence-electron chi connectivity index (χ3n) is 6.42. The Bertz CT molecular complexity index is 1660. The monoisotopic (exact) mass is 591 g/mol. The average Bonchev–Trinajstić information content (AvgIpc) is 2.99. The first-order valence-corrected chi connectivity index (χ1v) is 14.8. The average molecular weight is 592 g/mol. The molecular formula is C29H26FN5O6S. The summed E-state index contributed by atoms with van der Waals surface area (Å²) in [6.45, 7) is 0.894. The predicted octanol–water partition coefficient (Wildman–Crippen LogP) is 4.14. The van der Waals surface area contributed by atoms with Gasteiger partial charge in [0.15, 0.2) is 9.84 Å². The van der Waals surface area contributed by atoms with Crippen LogP contribution in [0.15, 0.2) is 84.1 Å². The van der Waals surface area contributed by atoms with E-state index in [9.17, 15) is 22.4 Å². The van der Waals surface area contributed by atoms with Gasteiger partial charge in [0.05, 0.1) is 29.2 Å². The molecule has 216 valence electrons. The minimum atomic E-state index is -3.28. The number of carbonyl (C=O) groups is 2. The molecule has 1 aliphatic heterocycles. The highest BCUT2D eigenvalue weighted by molar-refractivity contribution is 7.90. The lowest BCUT2D eigenvalue weighted by Crippen LogP contribution is -2.42. The molecule has 5 rings (SSSR count). The summed E-state index contributed by atoms with van der Waals surface area (Å²) in [5.41, 5.74) is 0.531. The summed E-state index contributed by atoms with van der Waals surface area (Å²) in [5.74, 6) is 0.0446. The van der Waals surface area contributed by atoms with Crippen LogP contribution < -0.4 is 14.8 Å². The molecule has 3 heterocycles. The van der Waals surface area contributed by atoms with Crippen LogP contribution >= 0.6 is 0 Å². The van der Waals surface area contributed by atoms with Crippen LogP contribution in [0.25, 0.3) is 0 Å². The number of pyridine rings is 1. The van der Waals surface area contributed by atoms with Crippen molar-refractivity contribution in [1.29, 1.82) is 0 Å². The number of hydrogen-bond acceptors (Lipinski definition) is 9. The molecule has 0 spiro atoms. The fourth-order valence-electron chi connectivity index (χ4n) is 4.19. The Morgan fingerprint density at radius 3 is 2.10 bits per heavy atom. The van der Waals surface area contributed by atoms with Gasteiger partial charge in [0.25, 0.3) is 11.8 Å². The van der Waals surface area contributed by atoms with Crippen LogP contribution in [-0.2, 0) is 9.84 Å². The van der Waals surface area contributed by atoms with Crippen molar-refractivity contribution < 1.29 is 31.9 Å². The van der Waals surface area contributed by atoms with Crippen LogP contribution in [0.5, 0.6) is 17.4 Å². The highest BCUT2D eigenvalue weighted by atomic mass is 32.2. The van der Waals surface area contributed by atoms with E-state index in [1.807, 2.05) is 0 Å². The lowest BCUT2D eigenvalue weighted by molar-refractivity contribution is 0.0589. The van der Waals surface area contributed by atoms with Gasteiger partial charge in [-0.2, -0.15) is 0 Å². The third-order valence-corrected chi connectivity index (χ3v) is 7.55. The number of hydrogen-bond donors (Lipinski definition) is 1. The molecule has 2 aromatic heterocycles. The molecule has 1 N–H and O–H groups in total.